The molecule has 0 saturated carbocycles. The maximum atomic E-state index is 13.0. The summed E-state index contributed by atoms with van der Waals surface area (Å²) in [6.45, 7) is 12.2. The molecule has 0 radical (unpaired) electrons. The number of likely N-dealkylation sites (tertiary alicyclic amines) is 2. The van der Waals surface area contributed by atoms with Gasteiger partial charge in [0.15, 0.2) is 0 Å². The first-order valence-corrected chi connectivity index (χ1v) is 13.5. The third kappa shape index (κ3) is 8.71. The van der Waals surface area contributed by atoms with Gasteiger partial charge in [-0.3, -0.25) is 9.69 Å². The van der Waals surface area contributed by atoms with Crippen LogP contribution in [0.2, 0.25) is 0 Å². The minimum absolute atomic E-state index is 0.189. The Kier molecular flexibility index (Phi) is 10.4. The van der Waals surface area contributed by atoms with Crippen LogP contribution in [-0.2, 0) is 17.8 Å². The molecule has 9 heteroatoms. The first-order chi connectivity index (χ1) is 18.4. The highest BCUT2D eigenvalue weighted by molar-refractivity contribution is 5.94. The predicted molar refractivity (Wildman–Crippen MR) is 144 cm³/mol. The van der Waals surface area contributed by atoms with Crippen LogP contribution in [0.25, 0.3) is 0 Å². The number of benzene rings is 2. The first kappa shape index (κ1) is 30.5. The number of carbonyl (C=O) groups excluding carboxylic acids is 1. The highest BCUT2D eigenvalue weighted by Gasteiger charge is 2.41. The summed E-state index contributed by atoms with van der Waals surface area (Å²) >= 11 is 0. The smallest absolute Gasteiger partial charge is 0.490 e. The van der Waals surface area contributed by atoms with Crippen LogP contribution in [0.3, 0.4) is 0 Å². The van der Waals surface area contributed by atoms with Crippen molar-refractivity contribution in [1.82, 2.24) is 9.80 Å². The number of aliphatic carboxylic acids is 1. The van der Waals surface area contributed by atoms with Gasteiger partial charge in [0.25, 0.3) is 5.91 Å². The lowest BCUT2D eigenvalue weighted by molar-refractivity contribution is -0.192. The average Bonchev–Trinajstić information content (AvgIpc) is 3.29. The fourth-order valence-electron chi connectivity index (χ4n) is 5.09. The number of para-hydroxylation sites is 1. The van der Waals surface area contributed by atoms with Crippen molar-refractivity contribution in [3.63, 3.8) is 0 Å². The van der Waals surface area contributed by atoms with Crippen LogP contribution >= 0.6 is 0 Å². The summed E-state index contributed by atoms with van der Waals surface area (Å²) in [5.74, 6) is -1.02. The number of hydrogen-bond acceptors (Lipinski definition) is 4. The Hall–Kier alpha value is -3.07. The molecule has 2 aliphatic heterocycles. The second-order valence-corrected chi connectivity index (χ2v) is 10.9. The van der Waals surface area contributed by atoms with Gasteiger partial charge in [0.05, 0.1) is 6.61 Å². The molecule has 1 amide bonds. The highest BCUT2D eigenvalue weighted by Crippen LogP contribution is 2.41. The average molecular weight is 549 g/mol. The number of rotatable bonds is 7. The number of carboxylic acids is 1. The number of hydrogen-bond donors (Lipinski definition) is 1. The van der Waals surface area contributed by atoms with Crippen LogP contribution in [0, 0.1) is 11.3 Å². The number of carboxylic acid groups (broad SMARTS) is 1. The lowest BCUT2D eigenvalue weighted by Gasteiger charge is -2.39. The lowest BCUT2D eigenvalue weighted by atomic mass is 9.77. The van der Waals surface area contributed by atoms with Crippen molar-refractivity contribution in [1.29, 1.82) is 0 Å². The van der Waals surface area contributed by atoms with E-state index in [9.17, 15) is 18.0 Å². The van der Waals surface area contributed by atoms with Gasteiger partial charge in [-0.25, -0.2) is 4.79 Å². The van der Waals surface area contributed by atoms with E-state index >= 15 is 0 Å². The molecule has 39 heavy (non-hydrogen) atoms. The fraction of sp³-hybridized carbons (Fsp3) is 0.533. The quantitative estimate of drug-likeness (QED) is 0.457. The number of alkyl halides is 3. The van der Waals surface area contributed by atoms with Crippen LogP contribution < -0.4 is 4.74 Å². The van der Waals surface area contributed by atoms with Gasteiger partial charge in [0.1, 0.15) is 5.75 Å². The molecule has 0 atom stereocenters. The molecular weight excluding hydrogens is 509 g/mol. The van der Waals surface area contributed by atoms with Crippen LogP contribution in [0.4, 0.5) is 13.2 Å². The standard InChI is InChI=1S/C28H38N2O2.C2HF3O2/c1-4-23-9-11-24(12-10-23)27(31)30-17-14-28(15-18-30)13-16-29(21-28)19-25-7-5-6-8-26(25)32-20-22(2)3;3-2(4,5)1(6)7/h5-12,22H,4,13-21H2,1-3H3;(H,6,7). The van der Waals surface area contributed by atoms with Crippen LogP contribution in [0.1, 0.15) is 61.5 Å². The third-order valence-electron chi connectivity index (χ3n) is 7.42. The summed E-state index contributed by atoms with van der Waals surface area (Å²) in [7, 11) is 0. The minimum atomic E-state index is -5.08. The number of piperidine rings is 1. The molecule has 214 valence electrons. The molecule has 0 aromatic heterocycles. The summed E-state index contributed by atoms with van der Waals surface area (Å²) in [5, 5.41) is 7.12. The second-order valence-electron chi connectivity index (χ2n) is 10.9. The molecule has 1 spiro atoms. The van der Waals surface area contributed by atoms with Gasteiger partial charge in [0.2, 0.25) is 0 Å². The molecule has 2 aromatic carbocycles. The molecular formula is C30H39F3N2O4. The molecule has 2 aromatic rings. The first-order valence-electron chi connectivity index (χ1n) is 13.5. The van der Waals surface area contributed by atoms with Crippen molar-refractivity contribution < 1.29 is 32.6 Å². The van der Waals surface area contributed by atoms with Crippen molar-refractivity contribution in [2.24, 2.45) is 11.3 Å². The predicted octanol–water partition coefficient (Wildman–Crippen LogP) is 6.05. The van der Waals surface area contributed by atoms with Gasteiger partial charge in [-0.05, 0) is 67.3 Å². The van der Waals surface area contributed by atoms with Crippen molar-refractivity contribution >= 4 is 11.9 Å². The van der Waals surface area contributed by atoms with Gasteiger partial charge in [0, 0.05) is 37.3 Å². The third-order valence-corrected chi connectivity index (χ3v) is 7.42. The van der Waals surface area contributed by atoms with E-state index in [-0.39, 0.29) is 5.91 Å². The fourth-order valence-corrected chi connectivity index (χ4v) is 5.09. The van der Waals surface area contributed by atoms with Crippen molar-refractivity contribution in [3.05, 3.63) is 65.2 Å². The zero-order chi connectivity index (χ0) is 28.6. The zero-order valence-corrected chi connectivity index (χ0v) is 23.0. The van der Waals surface area contributed by atoms with Gasteiger partial charge >= 0.3 is 12.1 Å². The van der Waals surface area contributed by atoms with E-state index in [0.717, 1.165) is 69.9 Å². The highest BCUT2D eigenvalue weighted by atomic mass is 19.4. The maximum absolute atomic E-state index is 13.0. The Labute approximate surface area is 228 Å². The topological polar surface area (TPSA) is 70.1 Å². The number of nitrogens with zero attached hydrogens (tertiary/aromatic N) is 2. The van der Waals surface area contributed by atoms with Crippen LogP contribution in [0.15, 0.2) is 48.5 Å². The second kappa shape index (κ2) is 13.3. The number of ether oxygens (including phenoxy) is 1. The normalized spacial score (nSPS) is 17.2. The van der Waals surface area contributed by atoms with E-state index in [1.807, 2.05) is 12.1 Å². The van der Waals surface area contributed by atoms with Gasteiger partial charge < -0.3 is 14.7 Å². The lowest BCUT2D eigenvalue weighted by Crippen LogP contribution is -2.44. The molecule has 1 N–H and O–H groups in total. The summed E-state index contributed by atoms with van der Waals surface area (Å²) in [6, 6.07) is 16.6. The van der Waals surface area contributed by atoms with E-state index < -0.39 is 12.1 Å². The molecule has 2 fully saturated rings. The Balaban J connectivity index is 0.000000532. The number of carbonyl (C=O) groups is 2. The molecule has 0 aliphatic carbocycles. The molecule has 4 rings (SSSR count). The van der Waals surface area contributed by atoms with Gasteiger partial charge in [-0.1, -0.05) is 51.1 Å². The Morgan fingerprint density at radius 1 is 1.00 bits per heavy atom. The summed E-state index contributed by atoms with van der Waals surface area (Å²) in [4.78, 5) is 26.5. The van der Waals surface area contributed by atoms with Crippen molar-refractivity contribution in [2.45, 2.75) is 59.2 Å². The van der Waals surface area contributed by atoms with E-state index in [2.05, 4.69) is 67.0 Å². The molecule has 2 aliphatic rings. The number of aryl methyl sites for hydroxylation is 1. The van der Waals surface area contributed by atoms with Crippen molar-refractivity contribution in [3.8, 4) is 5.75 Å². The molecule has 2 saturated heterocycles. The van der Waals surface area contributed by atoms with Crippen LogP contribution in [-0.4, -0.2) is 65.7 Å². The molecule has 0 unspecified atom stereocenters. The number of amides is 1. The van der Waals surface area contributed by atoms with Gasteiger partial charge in [-0.2, -0.15) is 13.2 Å². The van der Waals surface area contributed by atoms with Gasteiger partial charge in [-0.15, -0.1) is 0 Å². The number of halogens is 3. The maximum Gasteiger partial charge on any atom is 0.490 e. The molecule has 0 bridgehead atoms. The Morgan fingerprint density at radius 3 is 2.15 bits per heavy atom. The van der Waals surface area contributed by atoms with Crippen LogP contribution in [0.5, 0.6) is 5.75 Å². The molecule has 6 nitrogen and oxygen atoms in total. The monoisotopic (exact) mass is 548 g/mol. The van der Waals surface area contributed by atoms with E-state index in [1.54, 1.807) is 0 Å². The molecule has 2 heterocycles. The SMILES string of the molecule is CCc1ccc(C(=O)N2CCC3(CCN(Cc4ccccc4OCC(C)C)C3)CC2)cc1.O=C(O)C(F)(F)F. The van der Waals surface area contributed by atoms with E-state index in [4.69, 9.17) is 14.6 Å². The van der Waals surface area contributed by atoms with E-state index in [1.165, 1.54) is 17.5 Å². The Morgan fingerprint density at radius 2 is 1.59 bits per heavy atom. The van der Waals surface area contributed by atoms with Crippen molar-refractivity contribution in [2.75, 3.05) is 32.8 Å². The Bertz CT molecular complexity index is 1090. The minimum Gasteiger partial charge on any atom is -0.493 e. The largest absolute Gasteiger partial charge is 0.493 e. The zero-order valence-electron chi connectivity index (χ0n) is 23.0. The van der Waals surface area contributed by atoms with E-state index in [0.29, 0.717) is 11.3 Å². The summed E-state index contributed by atoms with van der Waals surface area (Å²) in [6.07, 6.45) is -0.637. The summed E-state index contributed by atoms with van der Waals surface area (Å²) < 4.78 is 37.8. The summed E-state index contributed by atoms with van der Waals surface area (Å²) in [5.41, 5.74) is 3.75.